The maximum Gasteiger partial charge on any atom is 0.164 e. The standard InChI is InChI=1S/C12H24N4/c1-5-7-13-9-11-14-10-16(15-11)8-6-12(2,3)4/h10,13H,5-9H2,1-4H3. The lowest BCUT2D eigenvalue weighted by Gasteiger charge is -2.17. The van der Waals surface area contributed by atoms with Crippen LogP contribution in [0, 0.1) is 5.41 Å². The van der Waals surface area contributed by atoms with E-state index in [1.807, 2.05) is 11.0 Å². The minimum absolute atomic E-state index is 0.354. The van der Waals surface area contributed by atoms with Crippen LogP contribution in [0.1, 0.15) is 46.4 Å². The summed E-state index contributed by atoms with van der Waals surface area (Å²) >= 11 is 0. The van der Waals surface area contributed by atoms with Gasteiger partial charge in [0.25, 0.3) is 0 Å². The van der Waals surface area contributed by atoms with Crippen molar-refractivity contribution in [1.82, 2.24) is 20.1 Å². The topological polar surface area (TPSA) is 42.7 Å². The average Bonchev–Trinajstić information content (AvgIpc) is 2.62. The lowest BCUT2D eigenvalue weighted by Crippen LogP contribution is -2.15. The molecule has 16 heavy (non-hydrogen) atoms. The van der Waals surface area contributed by atoms with Gasteiger partial charge in [0.05, 0.1) is 6.54 Å². The number of nitrogens with zero attached hydrogens (tertiary/aromatic N) is 3. The van der Waals surface area contributed by atoms with E-state index in [9.17, 15) is 0 Å². The molecule has 1 heterocycles. The lowest BCUT2D eigenvalue weighted by molar-refractivity contribution is 0.340. The molecule has 0 aromatic carbocycles. The highest BCUT2D eigenvalue weighted by Crippen LogP contribution is 2.18. The van der Waals surface area contributed by atoms with Crippen molar-refractivity contribution >= 4 is 0 Å². The first-order valence-electron chi connectivity index (χ1n) is 6.10. The van der Waals surface area contributed by atoms with E-state index in [2.05, 4.69) is 43.1 Å². The highest BCUT2D eigenvalue weighted by molar-refractivity contribution is 4.80. The molecule has 0 fully saturated rings. The quantitative estimate of drug-likeness (QED) is 0.753. The van der Waals surface area contributed by atoms with Gasteiger partial charge in [-0.05, 0) is 24.8 Å². The Balaban J connectivity index is 2.33. The molecule has 4 nitrogen and oxygen atoms in total. The SMILES string of the molecule is CCCNCc1ncn(CCC(C)(C)C)n1. The third-order valence-electron chi connectivity index (χ3n) is 2.38. The van der Waals surface area contributed by atoms with Crippen molar-refractivity contribution in [2.24, 2.45) is 5.41 Å². The van der Waals surface area contributed by atoms with E-state index in [4.69, 9.17) is 0 Å². The Hall–Kier alpha value is -0.900. The maximum absolute atomic E-state index is 4.43. The number of hydrogen-bond donors (Lipinski definition) is 1. The van der Waals surface area contributed by atoms with Gasteiger partial charge in [0.1, 0.15) is 6.33 Å². The Morgan fingerprint density at radius 2 is 2.12 bits per heavy atom. The van der Waals surface area contributed by atoms with Crippen LogP contribution >= 0.6 is 0 Å². The molecule has 1 rings (SSSR count). The molecule has 0 saturated carbocycles. The summed E-state index contributed by atoms with van der Waals surface area (Å²) in [6, 6.07) is 0. The van der Waals surface area contributed by atoms with E-state index in [0.717, 1.165) is 38.3 Å². The molecule has 0 aliphatic carbocycles. The zero-order valence-corrected chi connectivity index (χ0v) is 11.0. The molecule has 1 N–H and O–H groups in total. The zero-order chi connectivity index (χ0) is 12.0. The smallest absolute Gasteiger partial charge is 0.164 e. The fourth-order valence-electron chi connectivity index (χ4n) is 1.35. The molecule has 0 radical (unpaired) electrons. The summed E-state index contributed by atoms with van der Waals surface area (Å²) in [7, 11) is 0. The van der Waals surface area contributed by atoms with Crippen LogP contribution in [-0.4, -0.2) is 21.3 Å². The second-order valence-corrected chi connectivity index (χ2v) is 5.41. The fourth-order valence-corrected chi connectivity index (χ4v) is 1.35. The molecule has 0 amide bonds. The van der Waals surface area contributed by atoms with E-state index >= 15 is 0 Å². The number of aromatic nitrogens is 3. The Bertz CT molecular complexity index is 298. The van der Waals surface area contributed by atoms with Crippen LogP contribution in [0.3, 0.4) is 0 Å². The van der Waals surface area contributed by atoms with Crippen LogP contribution in [0.15, 0.2) is 6.33 Å². The second-order valence-electron chi connectivity index (χ2n) is 5.41. The second kappa shape index (κ2) is 5.99. The summed E-state index contributed by atoms with van der Waals surface area (Å²) in [4.78, 5) is 4.28. The Kier molecular flexibility index (Phi) is 4.93. The van der Waals surface area contributed by atoms with Crippen molar-refractivity contribution in [3.63, 3.8) is 0 Å². The molecular weight excluding hydrogens is 200 g/mol. The highest BCUT2D eigenvalue weighted by atomic mass is 15.3. The first-order valence-corrected chi connectivity index (χ1v) is 6.10. The van der Waals surface area contributed by atoms with Crippen molar-refractivity contribution in [2.45, 2.75) is 53.6 Å². The summed E-state index contributed by atoms with van der Waals surface area (Å²) in [5.74, 6) is 0.891. The van der Waals surface area contributed by atoms with E-state index in [1.54, 1.807) is 0 Å². The first kappa shape index (κ1) is 13.2. The van der Waals surface area contributed by atoms with Gasteiger partial charge in [-0.15, -0.1) is 0 Å². The van der Waals surface area contributed by atoms with Crippen molar-refractivity contribution < 1.29 is 0 Å². The molecule has 0 unspecified atom stereocenters. The van der Waals surface area contributed by atoms with Gasteiger partial charge in [-0.25, -0.2) is 4.98 Å². The Labute approximate surface area is 98.5 Å². The van der Waals surface area contributed by atoms with Crippen molar-refractivity contribution in [1.29, 1.82) is 0 Å². The molecule has 0 bridgehead atoms. The van der Waals surface area contributed by atoms with E-state index < -0.39 is 0 Å². The monoisotopic (exact) mass is 224 g/mol. The van der Waals surface area contributed by atoms with Gasteiger partial charge in [0.15, 0.2) is 5.82 Å². The lowest BCUT2D eigenvalue weighted by atomic mass is 9.92. The minimum Gasteiger partial charge on any atom is -0.310 e. The third-order valence-corrected chi connectivity index (χ3v) is 2.38. The van der Waals surface area contributed by atoms with Crippen LogP contribution in [0.25, 0.3) is 0 Å². The van der Waals surface area contributed by atoms with Crippen molar-refractivity contribution in [3.05, 3.63) is 12.2 Å². The molecule has 1 aromatic heterocycles. The van der Waals surface area contributed by atoms with Crippen LogP contribution in [0.5, 0.6) is 0 Å². The molecule has 4 heteroatoms. The van der Waals surface area contributed by atoms with E-state index in [1.165, 1.54) is 0 Å². The third kappa shape index (κ3) is 5.26. The van der Waals surface area contributed by atoms with Gasteiger partial charge in [-0.1, -0.05) is 27.7 Å². The molecule has 0 saturated heterocycles. The number of hydrogen-bond acceptors (Lipinski definition) is 3. The van der Waals surface area contributed by atoms with Crippen LogP contribution in [0.4, 0.5) is 0 Å². The Morgan fingerprint density at radius 3 is 2.75 bits per heavy atom. The minimum atomic E-state index is 0.354. The van der Waals surface area contributed by atoms with Gasteiger partial charge >= 0.3 is 0 Å². The highest BCUT2D eigenvalue weighted by Gasteiger charge is 2.10. The van der Waals surface area contributed by atoms with E-state index in [0.29, 0.717) is 5.41 Å². The largest absolute Gasteiger partial charge is 0.310 e. The summed E-state index contributed by atoms with van der Waals surface area (Å²) in [6.45, 7) is 11.6. The molecule has 0 aliphatic rings. The predicted octanol–water partition coefficient (Wildman–Crippen LogP) is 2.21. The fraction of sp³-hybridized carbons (Fsp3) is 0.833. The Morgan fingerprint density at radius 1 is 1.38 bits per heavy atom. The molecule has 1 aromatic rings. The van der Waals surface area contributed by atoms with Gasteiger partial charge in [0.2, 0.25) is 0 Å². The summed E-state index contributed by atoms with van der Waals surface area (Å²) in [6.07, 6.45) is 4.09. The van der Waals surface area contributed by atoms with Crippen molar-refractivity contribution in [3.8, 4) is 0 Å². The van der Waals surface area contributed by atoms with Crippen LogP contribution < -0.4 is 5.32 Å². The maximum atomic E-state index is 4.43. The van der Waals surface area contributed by atoms with Crippen LogP contribution in [0.2, 0.25) is 0 Å². The zero-order valence-electron chi connectivity index (χ0n) is 11.0. The van der Waals surface area contributed by atoms with E-state index in [-0.39, 0.29) is 0 Å². The number of aryl methyl sites for hydroxylation is 1. The number of nitrogens with one attached hydrogen (secondary N) is 1. The van der Waals surface area contributed by atoms with Gasteiger partial charge in [-0.2, -0.15) is 5.10 Å². The molecule has 0 atom stereocenters. The normalized spacial score (nSPS) is 12.0. The summed E-state index contributed by atoms with van der Waals surface area (Å²) in [5, 5.41) is 7.73. The van der Waals surface area contributed by atoms with Crippen molar-refractivity contribution in [2.75, 3.05) is 6.54 Å². The first-order chi connectivity index (χ1) is 7.51. The van der Waals surface area contributed by atoms with Crippen LogP contribution in [-0.2, 0) is 13.1 Å². The summed E-state index contributed by atoms with van der Waals surface area (Å²) in [5.41, 5.74) is 0.354. The predicted molar refractivity (Wildman–Crippen MR) is 66.1 cm³/mol. The van der Waals surface area contributed by atoms with Gasteiger partial charge in [-0.3, -0.25) is 4.68 Å². The van der Waals surface area contributed by atoms with Gasteiger partial charge < -0.3 is 5.32 Å². The molecule has 0 spiro atoms. The average molecular weight is 224 g/mol. The number of rotatable bonds is 6. The molecule has 92 valence electrons. The van der Waals surface area contributed by atoms with Gasteiger partial charge in [0, 0.05) is 6.54 Å². The molecular formula is C12H24N4. The molecule has 0 aliphatic heterocycles. The summed E-state index contributed by atoms with van der Waals surface area (Å²) < 4.78 is 1.94.